The molecule has 0 bridgehead atoms. The zero-order valence-electron chi connectivity index (χ0n) is 16.8. The van der Waals surface area contributed by atoms with Crippen LogP contribution in [-0.4, -0.2) is 28.0 Å². The lowest BCUT2D eigenvalue weighted by atomic mass is 10.1. The van der Waals surface area contributed by atoms with Gasteiger partial charge in [-0.1, -0.05) is 30.3 Å². The maximum Gasteiger partial charge on any atom is 0.332 e. The maximum atomic E-state index is 13.3. The molecular weight excluding hydrogens is 388 g/mol. The quantitative estimate of drug-likeness (QED) is 0.615. The molecule has 1 atom stereocenters. The zero-order chi connectivity index (χ0) is 20.5. The van der Waals surface area contributed by atoms with E-state index in [1.54, 1.807) is 11.7 Å². The van der Waals surface area contributed by atoms with Crippen LogP contribution in [0.5, 0.6) is 0 Å². The Bertz CT molecular complexity index is 1130. The number of hydrogen-bond donors (Lipinski definition) is 1. The van der Waals surface area contributed by atoms with Gasteiger partial charge in [0.05, 0.1) is 24.6 Å². The number of aliphatic hydroxyl groups is 1. The minimum absolute atomic E-state index is 0.265. The standard InChI is InChI=1S/C22H26N2O4S/c1-14-17-20(26)23(11-10-15-6-4-3-5-7-15)22(27)24(12-13-28-2)21(17)29-19(14)18(25)16-8-9-16/h3-7,16,18,25H,8-13H2,1-2H3. The first-order valence-corrected chi connectivity index (χ1v) is 10.8. The first-order chi connectivity index (χ1) is 14.0. The average molecular weight is 415 g/mol. The third-order valence-corrected chi connectivity index (χ3v) is 7.04. The number of aliphatic hydroxyl groups excluding tert-OH is 1. The molecule has 3 aromatic rings. The van der Waals surface area contributed by atoms with Gasteiger partial charge in [-0.2, -0.15) is 0 Å². The smallest absolute Gasteiger partial charge is 0.332 e. The Labute approximate surface area is 173 Å². The second-order valence-corrected chi connectivity index (χ2v) is 8.70. The van der Waals surface area contributed by atoms with Gasteiger partial charge in [0, 0.05) is 18.5 Å². The summed E-state index contributed by atoms with van der Waals surface area (Å²) >= 11 is 1.37. The third kappa shape index (κ3) is 3.82. The monoisotopic (exact) mass is 414 g/mol. The Morgan fingerprint density at radius 3 is 2.55 bits per heavy atom. The van der Waals surface area contributed by atoms with Crippen molar-refractivity contribution < 1.29 is 9.84 Å². The summed E-state index contributed by atoms with van der Waals surface area (Å²) in [6.07, 6.45) is 2.06. The number of ether oxygens (including phenoxy) is 1. The van der Waals surface area contributed by atoms with Crippen LogP contribution in [0.15, 0.2) is 39.9 Å². The molecule has 1 aliphatic carbocycles. The molecule has 0 aliphatic heterocycles. The van der Waals surface area contributed by atoms with Gasteiger partial charge in [-0.15, -0.1) is 11.3 Å². The van der Waals surface area contributed by atoms with Crippen molar-refractivity contribution in [1.82, 2.24) is 9.13 Å². The van der Waals surface area contributed by atoms with Gasteiger partial charge in [-0.3, -0.25) is 13.9 Å². The molecule has 1 unspecified atom stereocenters. The summed E-state index contributed by atoms with van der Waals surface area (Å²) < 4.78 is 8.15. The van der Waals surface area contributed by atoms with Gasteiger partial charge in [-0.25, -0.2) is 4.79 Å². The highest BCUT2D eigenvalue weighted by Crippen LogP contribution is 2.45. The van der Waals surface area contributed by atoms with Crippen LogP contribution in [-0.2, 0) is 24.2 Å². The number of benzene rings is 1. The fraction of sp³-hybridized carbons (Fsp3) is 0.455. The summed E-state index contributed by atoms with van der Waals surface area (Å²) in [5, 5.41) is 11.2. The number of aromatic nitrogens is 2. The van der Waals surface area contributed by atoms with E-state index in [2.05, 4.69) is 0 Å². The molecular formula is C22H26N2O4S. The lowest BCUT2D eigenvalue weighted by Crippen LogP contribution is -2.40. The van der Waals surface area contributed by atoms with Gasteiger partial charge in [0.25, 0.3) is 5.56 Å². The molecule has 29 heavy (non-hydrogen) atoms. The minimum atomic E-state index is -0.560. The molecule has 2 heterocycles. The lowest BCUT2D eigenvalue weighted by Gasteiger charge is -2.12. The van der Waals surface area contributed by atoms with E-state index in [0.29, 0.717) is 36.3 Å². The SMILES string of the molecule is COCCn1c(=O)n(CCc2ccccc2)c(=O)c2c(C)c(C(O)C3CC3)sc21. The van der Waals surface area contributed by atoms with Crippen LogP contribution in [0.3, 0.4) is 0 Å². The molecule has 154 valence electrons. The summed E-state index contributed by atoms with van der Waals surface area (Å²) in [4.78, 5) is 27.9. The van der Waals surface area contributed by atoms with Crippen LogP contribution in [0, 0.1) is 12.8 Å². The largest absolute Gasteiger partial charge is 0.387 e. The van der Waals surface area contributed by atoms with Crippen molar-refractivity contribution in [1.29, 1.82) is 0 Å². The summed E-state index contributed by atoms with van der Waals surface area (Å²) in [7, 11) is 1.59. The summed E-state index contributed by atoms with van der Waals surface area (Å²) in [6, 6.07) is 9.83. The molecule has 1 aliphatic rings. The number of fused-ring (bicyclic) bond motifs is 1. The normalized spacial score (nSPS) is 15.1. The number of hydrogen-bond acceptors (Lipinski definition) is 5. The van der Waals surface area contributed by atoms with Crippen molar-refractivity contribution in [2.45, 2.75) is 45.4 Å². The molecule has 0 spiro atoms. The zero-order valence-corrected chi connectivity index (χ0v) is 17.6. The van der Waals surface area contributed by atoms with Gasteiger partial charge < -0.3 is 9.84 Å². The highest BCUT2D eigenvalue weighted by atomic mass is 32.1. The number of rotatable bonds is 8. The predicted octanol–water partition coefficient (Wildman–Crippen LogP) is 2.87. The number of nitrogens with zero attached hydrogens (tertiary/aromatic N) is 2. The molecule has 6 nitrogen and oxygen atoms in total. The molecule has 0 radical (unpaired) electrons. The van der Waals surface area contributed by atoms with Gasteiger partial charge in [-0.05, 0) is 43.2 Å². The van der Waals surface area contributed by atoms with E-state index in [1.165, 1.54) is 15.9 Å². The molecule has 1 saturated carbocycles. The molecule has 0 amide bonds. The van der Waals surface area contributed by atoms with Crippen LogP contribution in [0.2, 0.25) is 0 Å². The van der Waals surface area contributed by atoms with Gasteiger partial charge >= 0.3 is 5.69 Å². The molecule has 1 aromatic carbocycles. The van der Waals surface area contributed by atoms with E-state index in [4.69, 9.17) is 4.74 Å². The fourth-order valence-corrected chi connectivity index (χ4v) is 5.18. The van der Waals surface area contributed by atoms with Crippen molar-refractivity contribution in [3.05, 3.63) is 67.2 Å². The van der Waals surface area contributed by atoms with Crippen molar-refractivity contribution in [3.8, 4) is 0 Å². The highest BCUT2D eigenvalue weighted by Gasteiger charge is 2.34. The molecule has 7 heteroatoms. The van der Waals surface area contributed by atoms with E-state index >= 15 is 0 Å². The summed E-state index contributed by atoms with van der Waals surface area (Å²) in [5.41, 5.74) is 1.30. The fourth-order valence-electron chi connectivity index (χ4n) is 3.78. The lowest BCUT2D eigenvalue weighted by molar-refractivity contribution is 0.157. The van der Waals surface area contributed by atoms with Gasteiger partial charge in [0.1, 0.15) is 4.83 Å². The molecule has 4 rings (SSSR count). The van der Waals surface area contributed by atoms with Crippen molar-refractivity contribution in [3.63, 3.8) is 0 Å². The van der Waals surface area contributed by atoms with Crippen molar-refractivity contribution in [2.24, 2.45) is 5.92 Å². The Morgan fingerprint density at radius 2 is 1.90 bits per heavy atom. The Morgan fingerprint density at radius 1 is 1.17 bits per heavy atom. The number of aryl methyl sites for hydroxylation is 2. The topological polar surface area (TPSA) is 73.5 Å². The van der Waals surface area contributed by atoms with Crippen LogP contribution in [0.25, 0.3) is 10.2 Å². The molecule has 0 saturated heterocycles. The molecule has 2 aromatic heterocycles. The minimum Gasteiger partial charge on any atom is -0.387 e. The van der Waals surface area contributed by atoms with Crippen LogP contribution in [0.4, 0.5) is 0 Å². The van der Waals surface area contributed by atoms with Crippen molar-refractivity contribution in [2.75, 3.05) is 13.7 Å². The average Bonchev–Trinajstić information content (AvgIpc) is 3.51. The first kappa shape index (κ1) is 20.1. The summed E-state index contributed by atoms with van der Waals surface area (Å²) in [5.74, 6) is 0.265. The highest BCUT2D eigenvalue weighted by molar-refractivity contribution is 7.19. The van der Waals surface area contributed by atoms with E-state index < -0.39 is 6.10 Å². The molecule has 1 N–H and O–H groups in total. The number of thiophene rings is 1. The van der Waals surface area contributed by atoms with Crippen molar-refractivity contribution >= 4 is 21.6 Å². The van der Waals surface area contributed by atoms with E-state index in [1.807, 2.05) is 37.3 Å². The van der Waals surface area contributed by atoms with E-state index in [-0.39, 0.29) is 17.2 Å². The van der Waals surface area contributed by atoms with Crippen LogP contribution in [0.1, 0.15) is 34.9 Å². The third-order valence-electron chi connectivity index (χ3n) is 5.65. The van der Waals surface area contributed by atoms with Gasteiger partial charge in [0.2, 0.25) is 0 Å². The Balaban J connectivity index is 1.83. The van der Waals surface area contributed by atoms with E-state index in [9.17, 15) is 14.7 Å². The predicted molar refractivity (Wildman–Crippen MR) is 115 cm³/mol. The number of methoxy groups -OCH3 is 1. The Hall–Kier alpha value is -2.22. The van der Waals surface area contributed by atoms with Gasteiger partial charge in [0.15, 0.2) is 0 Å². The van der Waals surface area contributed by atoms with Crippen LogP contribution >= 0.6 is 11.3 Å². The second kappa shape index (κ2) is 8.26. The maximum absolute atomic E-state index is 13.3. The second-order valence-electron chi connectivity index (χ2n) is 7.67. The first-order valence-electron chi connectivity index (χ1n) is 10.0. The van der Waals surface area contributed by atoms with E-state index in [0.717, 1.165) is 28.8 Å². The summed E-state index contributed by atoms with van der Waals surface area (Å²) in [6.45, 7) is 2.95. The molecule has 1 fully saturated rings. The Kier molecular flexibility index (Phi) is 5.72. The van der Waals surface area contributed by atoms with Crippen LogP contribution < -0.4 is 11.2 Å².